The largest absolute Gasteiger partial charge is 0.756 e. The number of likely N-dealkylation sites (N-methyl/N-ethyl adjacent to an activating group) is 1. The quantitative estimate of drug-likeness (QED) is 0.0297. The van der Waals surface area contributed by atoms with Crippen molar-refractivity contribution in [2.45, 2.75) is 187 Å². The number of carbonyl (C=O) groups excluding carboxylic acids is 1. The number of amides is 1. The van der Waals surface area contributed by atoms with Crippen LogP contribution in [-0.2, 0) is 18.4 Å². The topological polar surface area (TPSA) is 108 Å². The Bertz CT molecular complexity index is 789. The highest BCUT2D eigenvalue weighted by atomic mass is 31.2. The number of unbranched alkanes of at least 4 members (excludes halogenated alkanes) is 22. The van der Waals surface area contributed by atoms with Crippen molar-refractivity contribution >= 4 is 13.7 Å². The van der Waals surface area contributed by atoms with E-state index >= 15 is 0 Å². The second-order valence-corrected chi connectivity index (χ2v) is 16.1. The van der Waals surface area contributed by atoms with Crippen LogP contribution in [0.1, 0.15) is 174 Å². The van der Waals surface area contributed by atoms with Crippen molar-refractivity contribution in [1.29, 1.82) is 0 Å². The van der Waals surface area contributed by atoms with Crippen LogP contribution < -0.4 is 10.2 Å². The Balaban J connectivity index is 4.38. The van der Waals surface area contributed by atoms with Gasteiger partial charge in [0.25, 0.3) is 7.82 Å². The van der Waals surface area contributed by atoms with Crippen molar-refractivity contribution in [3.05, 3.63) is 12.2 Å². The van der Waals surface area contributed by atoms with Gasteiger partial charge in [0.05, 0.1) is 39.9 Å². The summed E-state index contributed by atoms with van der Waals surface area (Å²) >= 11 is 0. The summed E-state index contributed by atoms with van der Waals surface area (Å²) in [6.07, 6.45) is 32.7. The van der Waals surface area contributed by atoms with Gasteiger partial charge in [0.15, 0.2) is 0 Å². The third kappa shape index (κ3) is 33.5. The van der Waals surface area contributed by atoms with Gasteiger partial charge in [0.1, 0.15) is 13.2 Å². The molecule has 0 aliphatic rings. The number of aliphatic hydroxyl groups excluding tert-OH is 1. The second kappa shape index (κ2) is 31.2. The Kier molecular flexibility index (Phi) is 30.7. The minimum Gasteiger partial charge on any atom is -0.756 e. The maximum atomic E-state index is 12.7. The Morgan fingerprint density at radius 1 is 0.723 bits per heavy atom. The number of hydrogen-bond donors (Lipinski definition) is 2. The standard InChI is InChI=1S/C38H77N2O6P/c1-6-8-10-12-14-15-16-17-18-19-20-21-22-23-24-26-27-29-31-37(41)36(35-46-47(43,44)45-34-33-40(3,4)5)39-38(42)32-30-28-25-13-11-9-7-2/h29,31,36-37,41H,6-28,30,32-35H2,1-5H3,(H-,39,42,43,44)/b31-29+. The number of phosphoric ester groups is 1. The zero-order valence-electron chi connectivity index (χ0n) is 31.5. The highest BCUT2D eigenvalue weighted by Crippen LogP contribution is 2.38. The van der Waals surface area contributed by atoms with Gasteiger partial charge in [-0.05, 0) is 19.3 Å². The SMILES string of the molecule is CCCCCCCCCCCCCCCCCC/C=C/C(O)C(COP(=O)([O-])OCC[N+](C)(C)C)NC(=O)CCCCCCCCC. The number of allylic oxidation sites excluding steroid dienone is 1. The molecule has 0 rings (SSSR count). The van der Waals surface area contributed by atoms with Crippen molar-refractivity contribution in [3.63, 3.8) is 0 Å². The lowest BCUT2D eigenvalue weighted by Gasteiger charge is -2.29. The number of phosphoric acid groups is 1. The number of hydrogen-bond acceptors (Lipinski definition) is 6. The van der Waals surface area contributed by atoms with Gasteiger partial charge in [0.2, 0.25) is 5.91 Å². The van der Waals surface area contributed by atoms with Gasteiger partial charge in [-0.15, -0.1) is 0 Å². The second-order valence-electron chi connectivity index (χ2n) is 14.6. The highest BCUT2D eigenvalue weighted by Gasteiger charge is 2.23. The molecule has 2 N–H and O–H groups in total. The van der Waals surface area contributed by atoms with E-state index in [9.17, 15) is 19.4 Å². The lowest BCUT2D eigenvalue weighted by atomic mass is 10.0. The van der Waals surface area contributed by atoms with Crippen LogP contribution in [0.2, 0.25) is 0 Å². The molecule has 280 valence electrons. The van der Waals surface area contributed by atoms with Crippen molar-refractivity contribution in [1.82, 2.24) is 5.32 Å². The van der Waals surface area contributed by atoms with Crippen LogP contribution in [0.3, 0.4) is 0 Å². The van der Waals surface area contributed by atoms with Crippen LogP contribution in [0, 0.1) is 0 Å². The maximum Gasteiger partial charge on any atom is 0.268 e. The van der Waals surface area contributed by atoms with E-state index in [-0.39, 0.29) is 19.1 Å². The summed E-state index contributed by atoms with van der Waals surface area (Å²) < 4.78 is 23.0. The third-order valence-corrected chi connectivity index (χ3v) is 9.71. The summed E-state index contributed by atoms with van der Waals surface area (Å²) in [6.45, 7) is 4.59. The third-order valence-electron chi connectivity index (χ3n) is 8.75. The van der Waals surface area contributed by atoms with Crippen molar-refractivity contribution < 1.29 is 32.9 Å². The maximum absolute atomic E-state index is 12.7. The fourth-order valence-corrected chi connectivity index (χ4v) is 6.29. The molecule has 8 nitrogen and oxygen atoms in total. The Labute approximate surface area is 291 Å². The van der Waals surface area contributed by atoms with Crippen LogP contribution in [-0.4, -0.2) is 68.5 Å². The molecule has 0 aliphatic carbocycles. The van der Waals surface area contributed by atoms with E-state index in [1.165, 1.54) is 116 Å². The zero-order valence-corrected chi connectivity index (χ0v) is 32.4. The molecule has 0 spiro atoms. The first-order chi connectivity index (χ1) is 22.5. The van der Waals surface area contributed by atoms with Gasteiger partial charge in [-0.2, -0.15) is 0 Å². The fraction of sp³-hybridized carbons (Fsp3) is 0.921. The summed E-state index contributed by atoms with van der Waals surface area (Å²) in [7, 11) is 1.26. The molecule has 0 aromatic rings. The smallest absolute Gasteiger partial charge is 0.268 e. The first kappa shape index (κ1) is 46.2. The molecule has 3 unspecified atom stereocenters. The molecular weight excluding hydrogens is 611 g/mol. The number of rotatable bonds is 35. The van der Waals surface area contributed by atoms with Crippen LogP contribution in [0.5, 0.6) is 0 Å². The average Bonchev–Trinajstić information content (AvgIpc) is 3.01. The molecule has 3 atom stereocenters. The summed E-state index contributed by atoms with van der Waals surface area (Å²) in [4.78, 5) is 25.0. The van der Waals surface area contributed by atoms with Gasteiger partial charge < -0.3 is 28.8 Å². The van der Waals surface area contributed by atoms with Gasteiger partial charge in [-0.1, -0.05) is 161 Å². The number of quaternary nitrogens is 1. The summed E-state index contributed by atoms with van der Waals surface area (Å²) in [5.74, 6) is -0.205. The average molecular weight is 689 g/mol. The zero-order chi connectivity index (χ0) is 35.1. The Morgan fingerprint density at radius 2 is 1.15 bits per heavy atom. The fourth-order valence-electron chi connectivity index (χ4n) is 5.56. The van der Waals surface area contributed by atoms with E-state index in [0.29, 0.717) is 17.4 Å². The monoisotopic (exact) mass is 689 g/mol. The molecule has 0 aliphatic heterocycles. The molecular formula is C38H77N2O6P. The number of carbonyl (C=O) groups is 1. The van der Waals surface area contributed by atoms with Gasteiger partial charge in [-0.25, -0.2) is 0 Å². The van der Waals surface area contributed by atoms with Gasteiger partial charge in [0, 0.05) is 6.42 Å². The Morgan fingerprint density at radius 3 is 1.60 bits per heavy atom. The molecule has 0 fully saturated rings. The summed E-state index contributed by atoms with van der Waals surface area (Å²) in [6, 6.07) is -0.877. The van der Waals surface area contributed by atoms with Crippen molar-refractivity contribution in [2.24, 2.45) is 0 Å². The molecule has 0 radical (unpaired) electrons. The van der Waals surface area contributed by atoms with E-state index in [4.69, 9.17) is 9.05 Å². The highest BCUT2D eigenvalue weighted by molar-refractivity contribution is 7.45. The van der Waals surface area contributed by atoms with Crippen molar-refractivity contribution in [2.75, 3.05) is 40.9 Å². The van der Waals surface area contributed by atoms with Gasteiger partial charge in [-0.3, -0.25) is 9.36 Å². The Hall–Kier alpha value is -0.760. The van der Waals surface area contributed by atoms with E-state index in [2.05, 4.69) is 19.2 Å². The molecule has 47 heavy (non-hydrogen) atoms. The molecule has 0 saturated carbocycles. The number of nitrogens with one attached hydrogen (secondary N) is 1. The summed E-state index contributed by atoms with van der Waals surface area (Å²) in [5, 5.41) is 13.7. The summed E-state index contributed by atoms with van der Waals surface area (Å²) in [5.41, 5.74) is 0. The predicted octanol–water partition coefficient (Wildman–Crippen LogP) is 9.39. The minimum atomic E-state index is -4.57. The molecule has 0 aromatic carbocycles. The predicted molar refractivity (Wildman–Crippen MR) is 196 cm³/mol. The number of aliphatic hydroxyl groups is 1. The lowest BCUT2D eigenvalue weighted by Crippen LogP contribution is -2.45. The van der Waals surface area contributed by atoms with E-state index in [1.807, 2.05) is 27.2 Å². The normalized spacial score (nSPS) is 14.8. The van der Waals surface area contributed by atoms with Crippen molar-refractivity contribution in [3.8, 4) is 0 Å². The van der Waals surface area contributed by atoms with E-state index in [0.717, 1.165) is 38.5 Å². The lowest BCUT2D eigenvalue weighted by molar-refractivity contribution is -0.870. The minimum absolute atomic E-state index is 0.00131. The van der Waals surface area contributed by atoms with E-state index < -0.39 is 20.0 Å². The number of nitrogens with zero attached hydrogens (tertiary/aromatic N) is 1. The van der Waals surface area contributed by atoms with Gasteiger partial charge >= 0.3 is 0 Å². The molecule has 0 heterocycles. The molecule has 1 amide bonds. The van der Waals surface area contributed by atoms with Crippen LogP contribution >= 0.6 is 7.82 Å². The first-order valence-corrected chi connectivity index (χ1v) is 21.0. The van der Waals surface area contributed by atoms with Crippen LogP contribution in [0.4, 0.5) is 0 Å². The molecule has 0 saturated heterocycles. The molecule has 0 bridgehead atoms. The van der Waals surface area contributed by atoms with E-state index in [1.54, 1.807) is 6.08 Å². The first-order valence-electron chi connectivity index (χ1n) is 19.6. The van der Waals surface area contributed by atoms with Crippen LogP contribution in [0.15, 0.2) is 12.2 Å². The molecule has 0 aromatic heterocycles. The van der Waals surface area contributed by atoms with Crippen LogP contribution in [0.25, 0.3) is 0 Å². The molecule has 9 heteroatoms.